The van der Waals surface area contributed by atoms with Gasteiger partial charge < -0.3 is 9.80 Å². The van der Waals surface area contributed by atoms with E-state index in [1.54, 1.807) is 6.07 Å². The molecule has 1 aliphatic rings. The summed E-state index contributed by atoms with van der Waals surface area (Å²) in [5.74, 6) is 0.943. The van der Waals surface area contributed by atoms with E-state index in [0.29, 0.717) is 12.1 Å². The lowest BCUT2D eigenvalue weighted by atomic mass is 9.94. The Labute approximate surface area is 183 Å². The molecule has 1 saturated heterocycles. The normalized spacial score (nSPS) is 16.4. The second-order valence-corrected chi connectivity index (χ2v) is 9.13. The van der Waals surface area contributed by atoms with Crippen LogP contribution in [0.25, 0.3) is 22.3 Å². The summed E-state index contributed by atoms with van der Waals surface area (Å²) < 4.78 is 0. The number of amides is 1. The molecule has 0 bridgehead atoms. The molecule has 31 heavy (non-hydrogen) atoms. The van der Waals surface area contributed by atoms with E-state index >= 15 is 0 Å². The van der Waals surface area contributed by atoms with Crippen LogP contribution in [0.5, 0.6) is 0 Å². The van der Waals surface area contributed by atoms with Gasteiger partial charge in [-0.15, -0.1) is 0 Å². The Hall–Kier alpha value is -3.46. The van der Waals surface area contributed by atoms with Gasteiger partial charge in [0.1, 0.15) is 5.69 Å². The van der Waals surface area contributed by atoms with Gasteiger partial charge in [-0.25, -0.2) is 9.97 Å². The largest absolute Gasteiger partial charge is 0.353 e. The van der Waals surface area contributed by atoms with E-state index in [9.17, 15) is 10.1 Å². The highest BCUT2D eigenvalue weighted by atomic mass is 16.2. The number of nitrogens with zero attached hydrogens (tertiary/aromatic N) is 5. The molecule has 158 valence electrons. The first-order chi connectivity index (χ1) is 14.8. The van der Waals surface area contributed by atoms with Crippen LogP contribution in [0.1, 0.15) is 32.8 Å². The van der Waals surface area contributed by atoms with Crippen molar-refractivity contribution in [3.63, 3.8) is 0 Å². The number of benzene rings is 2. The number of anilines is 1. The highest BCUT2D eigenvalue weighted by Gasteiger charge is 2.34. The predicted molar refractivity (Wildman–Crippen MR) is 123 cm³/mol. The molecule has 3 aromatic rings. The first-order valence-corrected chi connectivity index (χ1v) is 10.6. The topological polar surface area (TPSA) is 73.1 Å². The molecule has 0 N–H and O–H groups in total. The summed E-state index contributed by atoms with van der Waals surface area (Å²) in [6.45, 7) is 7.36. The van der Waals surface area contributed by atoms with Gasteiger partial charge in [-0.1, -0.05) is 45.0 Å². The first-order valence-electron chi connectivity index (χ1n) is 10.6. The van der Waals surface area contributed by atoms with Gasteiger partial charge in [-0.2, -0.15) is 5.26 Å². The number of hydrogen-bond donors (Lipinski definition) is 0. The number of fused-ring (bicyclic) bond motifs is 1. The van der Waals surface area contributed by atoms with E-state index in [4.69, 9.17) is 9.97 Å². The van der Waals surface area contributed by atoms with Gasteiger partial charge in [0.2, 0.25) is 5.91 Å². The quantitative estimate of drug-likeness (QED) is 0.642. The van der Waals surface area contributed by atoms with Crippen molar-refractivity contribution in [3.8, 4) is 17.3 Å². The van der Waals surface area contributed by atoms with Crippen molar-refractivity contribution in [1.82, 2.24) is 14.9 Å². The summed E-state index contributed by atoms with van der Waals surface area (Å²) in [4.78, 5) is 26.7. The highest BCUT2D eigenvalue weighted by Crippen LogP contribution is 2.33. The van der Waals surface area contributed by atoms with Crippen LogP contribution in [0.3, 0.4) is 0 Å². The Morgan fingerprint density at radius 3 is 2.52 bits per heavy atom. The van der Waals surface area contributed by atoms with E-state index in [0.717, 1.165) is 41.1 Å². The third kappa shape index (κ3) is 4.09. The fourth-order valence-corrected chi connectivity index (χ4v) is 4.09. The Morgan fingerprint density at radius 1 is 1.13 bits per heavy atom. The molecule has 1 aromatic heterocycles. The molecule has 6 nitrogen and oxygen atoms in total. The van der Waals surface area contributed by atoms with E-state index in [2.05, 4.69) is 11.0 Å². The van der Waals surface area contributed by atoms with Crippen molar-refractivity contribution in [1.29, 1.82) is 5.26 Å². The Kier molecular flexibility index (Phi) is 5.36. The Morgan fingerprint density at radius 2 is 1.84 bits per heavy atom. The summed E-state index contributed by atoms with van der Waals surface area (Å²) in [6.07, 6.45) is 0.879. The molecule has 1 fully saturated rings. The van der Waals surface area contributed by atoms with Gasteiger partial charge in [0.25, 0.3) is 0 Å². The Bertz CT molecular complexity index is 1170. The maximum atomic E-state index is 12.8. The number of nitriles is 1. The number of carbonyl (C=O) groups is 1. The van der Waals surface area contributed by atoms with Crippen LogP contribution in [-0.4, -0.2) is 47.0 Å². The van der Waals surface area contributed by atoms with Gasteiger partial charge in [-0.05, 0) is 30.7 Å². The monoisotopic (exact) mass is 413 g/mol. The zero-order valence-electron chi connectivity index (χ0n) is 18.5. The minimum atomic E-state index is -0.409. The predicted octanol–water partition coefficient (Wildman–Crippen LogP) is 4.25. The molecule has 0 spiro atoms. The molecule has 1 amide bonds. The molecular formula is C25H27N5O. The summed E-state index contributed by atoms with van der Waals surface area (Å²) in [5.41, 5.74) is 3.47. The number of hydrogen-bond acceptors (Lipinski definition) is 5. The van der Waals surface area contributed by atoms with Crippen LogP contribution in [0.15, 0.2) is 48.5 Å². The average Bonchev–Trinajstić information content (AvgIpc) is 3.26. The summed E-state index contributed by atoms with van der Waals surface area (Å²) >= 11 is 0. The molecule has 0 saturated carbocycles. The lowest BCUT2D eigenvalue weighted by Gasteiger charge is -2.31. The number of aromatic nitrogens is 2. The molecule has 1 aliphatic heterocycles. The van der Waals surface area contributed by atoms with Crippen LogP contribution in [-0.2, 0) is 4.79 Å². The zero-order valence-corrected chi connectivity index (χ0v) is 18.5. The molecule has 0 unspecified atom stereocenters. The number of para-hydroxylation sites is 2. The van der Waals surface area contributed by atoms with E-state index in [1.807, 2.05) is 75.2 Å². The van der Waals surface area contributed by atoms with Crippen LogP contribution < -0.4 is 4.90 Å². The number of rotatable bonds is 3. The standard InChI is InChI=1S/C25H27N5O/c1-25(2,3)24(31)29(4)19-12-13-30(16-19)23-22(18-9-7-8-17(14-18)15-26)27-20-10-5-6-11-21(20)28-23/h5-11,14,19H,12-13,16H2,1-4H3/t19-/m0/s1. The van der Waals surface area contributed by atoms with Crippen molar-refractivity contribution in [2.75, 3.05) is 25.0 Å². The lowest BCUT2D eigenvalue weighted by Crippen LogP contribution is -2.44. The van der Waals surface area contributed by atoms with Gasteiger partial charge in [0, 0.05) is 31.1 Å². The van der Waals surface area contributed by atoms with Gasteiger partial charge >= 0.3 is 0 Å². The van der Waals surface area contributed by atoms with Crippen LogP contribution in [0, 0.1) is 16.7 Å². The van der Waals surface area contributed by atoms with Crippen molar-refractivity contribution < 1.29 is 4.79 Å². The molecule has 2 aromatic carbocycles. The minimum absolute atomic E-state index is 0.123. The van der Waals surface area contributed by atoms with E-state index in [-0.39, 0.29) is 11.9 Å². The molecule has 6 heteroatoms. The summed E-state index contributed by atoms with van der Waals surface area (Å²) in [5, 5.41) is 9.34. The fraction of sp³-hybridized carbons (Fsp3) is 0.360. The summed E-state index contributed by atoms with van der Waals surface area (Å²) in [6, 6.07) is 17.6. The molecular weight excluding hydrogens is 386 g/mol. The molecule has 0 aliphatic carbocycles. The third-order valence-corrected chi connectivity index (χ3v) is 5.79. The zero-order chi connectivity index (χ0) is 22.2. The maximum Gasteiger partial charge on any atom is 0.228 e. The maximum absolute atomic E-state index is 12.8. The molecule has 1 atom stereocenters. The second-order valence-electron chi connectivity index (χ2n) is 9.13. The third-order valence-electron chi connectivity index (χ3n) is 5.79. The van der Waals surface area contributed by atoms with Crippen molar-refractivity contribution in [3.05, 3.63) is 54.1 Å². The SMILES string of the molecule is CN(C(=O)C(C)(C)C)[C@H]1CCN(c2nc3ccccc3nc2-c2cccc(C#N)c2)C1. The highest BCUT2D eigenvalue weighted by molar-refractivity contribution is 5.84. The molecule has 0 radical (unpaired) electrons. The molecule has 4 rings (SSSR count). The van der Waals surface area contributed by atoms with Crippen LogP contribution in [0.4, 0.5) is 5.82 Å². The summed E-state index contributed by atoms with van der Waals surface area (Å²) in [7, 11) is 1.89. The molecule has 2 heterocycles. The van der Waals surface area contributed by atoms with Crippen LogP contribution >= 0.6 is 0 Å². The second kappa shape index (κ2) is 7.99. The smallest absolute Gasteiger partial charge is 0.228 e. The number of carbonyl (C=O) groups excluding carboxylic acids is 1. The van der Waals surface area contributed by atoms with Crippen molar-refractivity contribution >= 4 is 22.8 Å². The lowest BCUT2D eigenvalue weighted by molar-refractivity contribution is -0.139. The van der Waals surface area contributed by atoms with Gasteiger partial charge in [0.05, 0.1) is 28.7 Å². The average molecular weight is 414 g/mol. The fourth-order valence-electron chi connectivity index (χ4n) is 4.09. The van der Waals surface area contributed by atoms with Gasteiger partial charge in [0.15, 0.2) is 5.82 Å². The van der Waals surface area contributed by atoms with Crippen LogP contribution in [0.2, 0.25) is 0 Å². The Balaban J connectivity index is 1.73. The van der Waals surface area contributed by atoms with Gasteiger partial charge in [-0.3, -0.25) is 4.79 Å². The van der Waals surface area contributed by atoms with Crippen molar-refractivity contribution in [2.45, 2.75) is 33.2 Å². The first kappa shape index (κ1) is 20.8. The number of likely N-dealkylation sites (N-methyl/N-ethyl adjacent to an activating group) is 1. The van der Waals surface area contributed by atoms with Crippen molar-refractivity contribution in [2.24, 2.45) is 5.41 Å². The van der Waals surface area contributed by atoms with E-state index < -0.39 is 5.41 Å². The minimum Gasteiger partial charge on any atom is -0.353 e. The van der Waals surface area contributed by atoms with E-state index in [1.165, 1.54) is 0 Å².